The van der Waals surface area contributed by atoms with Crippen molar-refractivity contribution >= 4 is 22.2 Å². The normalized spacial score (nSPS) is 15.3. The van der Waals surface area contributed by atoms with Gasteiger partial charge in [0.05, 0.1) is 23.7 Å². The fourth-order valence-corrected chi connectivity index (χ4v) is 1.48. The third-order valence-electron chi connectivity index (χ3n) is 3.13. The Kier molecular flexibility index (Phi) is 5.19. The van der Waals surface area contributed by atoms with Crippen molar-refractivity contribution in [2.75, 3.05) is 13.2 Å². The zero-order valence-corrected chi connectivity index (χ0v) is 13.0. The fraction of sp³-hybridized carbons (Fsp3) is 0.818. The third-order valence-corrected chi connectivity index (χ3v) is 4.79. The van der Waals surface area contributed by atoms with Crippen molar-refractivity contribution in [1.82, 2.24) is 0 Å². The Morgan fingerprint density at radius 3 is 1.75 bits per heavy atom. The number of hydrogen-bond acceptors (Lipinski definition) is 4. The molecule has 0 rings (SSSR count). The first-order chi connectivity index (χ1) is 7.21. The second-order valence-corrected chi connectivity index (χ2v) is 6.69. The lowest BCUT2D eigenvalue weighted by Gasteiger charge is -2.36. The quantitative estimate of drug-likeness (QED) is 0.529. The van der Waals surface area contributed by atoms with Gasteiger partial charge in [0.25, 0.3) is 0 Å². The van der Waals surface area contributed by atoms with Crippen LogP contribution in [-0.2, 0) is 19.1 Å². The van der Waals surface area contributed by atoms with Gasteiger partial charge in [0.1, 0.15) is 0 Å². The van der Waals surface area contributed by atoms with Crippen molar-refractivity contribution in [3.63, 3.8) is 0 Å². The topological polar surface area (TPSA) is 52.6 Å². The largest absolute Gasteiger partial charge is 0.466 e. The average molecular weight is 246 g/mol. The lowest BCUT2D eigenvalue weighted by Crippen LogP contribution is -2.44. The number of carbonyl (C=O) groups is 2. The van der Waals surface area contributed by atoms with E-state index in [1.54, 1.807) is 34.6 Å². The highest BCUT2D eigenvalue weighted by molar-refractivity contribution is 6.29. The first-order valence-corrected chi connectivity index (χ1v) is 6.56. The number of rotatable bonds is 5. The third kappa shape index (κ3) is 2.84. The van der Waals surface area contributed by atoms with Gasteiger partial charge in [-0.15, -0.1) is 0 Å². The molecule has 0 aromatic rings. The van der Waals surface area contributed by atoms with E-state index in [1.807, 2.05) is 0 Å². The van der Waals surface area contributed by atoms with E-state index in [9.17, 15) is 9.59 Å². The van der Waals surface area contributed by atoms with E-state index in [2.05, 4.69) is 0 Å². The molecular weight excluding hydrogens is 224 g/mol. The molecule has 0 saturated carbocycles. The smallest absolute Gasteiger partial charge is 0.312 e. The second kappa shape index (κ2) is 5.47. The van der Waals surface area contributed by atoms with Crippen LogP contribution in [0, 0.1) is 5.41 Å². The first kappa shape index (κ1) is 15.2. The molecule has 0 bridgehead atoms. The van der Waals surface area contributed by atoms with Crippen LogP contribution in [0.3, 0.4) is 0 Å². The van der Waals surface area contributed by atoms with E-state index in [4.69, 9.17) is 9.47 Å². The van der Waals surface area contributed by atoms with Crippen molar-refractivity contribution in [2.24, 2.45) is 5.41 Å². The molecule has 0 amide bonds. The molecule has 16 heavy (non-hydrogen) atoms. The zero-order chi connectivity index (χ0) is 13.0. The van der Waals surface area contributed by atoms with E-state index in [0.29, 0.717) is 23.5 Å². The van der Waals surface area contributed by atoms with Crippen LogP contribution in [0.4, 0.5) is 0 Å². The molecule has 0 aromatic carbocycles. The van der Waals surface area contributed by atoms with Crippen LogP contribution in [0.2, 0.25) is 5.04 Å². The lowest BCUT2D eigenvalue weighted by atomic mass is 9.78. The predicted octanol–water partition coefficient (Wildman–Crippen LogP) is 0.683. The highest BCUT2D eigenvalue weighted by atomic mass is 28.1. The van der Waals surface area contributed by atoms with Gasteiger partial charge in [-0.25, -0.2) is 0 Å². The van der Waals surface area contributed by atoms with Crippen LogP contribution in [0.15, 0.2) is 0 Å². The Bertz CT molecular complexity index is 243. The standard InChI is InChI=1S/C11H22O4Si/c1-6-14-8(12)10(3,4)11(5,16)9(13)15-7-2/h6-7H2,1-5,16H3. The Labute approximate surface area is 100 Å². The number of hydrogen-bond donors (Lipinski definition) is 0. The van der Waals surface area contributed by atoms with Gasteiger partial charge in [-0.05, 0) is 27.7 Å². The highest BCUT2D eigenvalue weighted by Crippen LogP contribution is 2.44. The molecule has 0 heterocycles. The van der Waals surface area contributed by atoms with E-state index < -0.39 is 10.5 Å². The molecule has 0 spiro atoms. The maximum atomic E-state index is 11.8. The van der Waals surface area contributed by atoms with E-state index >= 15 is 0 Å². The molecule has 4 nitrogen and oxygen atoms in total. The average Bonchev–Trinajstić information content (AvgIpc) is 2.18. The number of carbonyl (C=O) groups excluding carboxylic acids is 2. The SMILES string of the molecule is CCOC(=O)C(C)(C)C(C)([SiH3])C(=O)OCC. The van der Waals surface area contributed by atoms with Gasteiger partial charge < -0.3 is 9.47 Å². The van der Waals surface area contributed by atoms with Crippen LogP contribution >= 0.6 is 0 Å². The second-order valence-electron chi connectivity index (χ2n) is 4.69. The van der Waals surface area contributed by atoms with Crippen molar-refractivity contribution in [1.29, 1.82) is 0 Å². The Balaban J connectivity index is 4.96. The van der Waals surface area contributed by atoms with Crippen LogP contribution in [0.5, 0.6) is 0 Å². The summed E-state index contributed by atoms with van der Waals surface area (Å²) in [7, 11) is 0.534. The van der Waals surface area contributed by atoms with Crippen LogP contribution in [-0.4, -0.2) is 35.4 Å². The highest BCUT2D eigenvalue weighted by Gasteiger charge is 2.50. The summed E-state index contributed by atoms with van der Waals surface area (Å²) in [6, 6.07) is 0. The Morgan fingerprint density at radius 2 is 1.38 bits per heavy atom. The molecule has 1 unspecified atom stereocenters. The van der Waals surface area contributed by atoms with Gasteiger partial charge in [-0.1, -0.05) is 6.92 Å². The summed E-state index contributed by atoms with van der Waals surface area (Å²) >= 11 is 0. The molecule has 0 fully saturated rings. The fourth-order valence-electron chi connectivity index (χ4n) is 1.13. The van der Waals surface area contributed by atoms with Crippen LogP contribution in [0.1, 0.15) is 34.6 Å². The molecular formula is C11H22O4Si. The van der Waals surface area contributed by atoms with Gasteiger partial charge in [0.15, 0.2) is 0 Å². The summed E-state index contributed by atoms with van der Waals surface area (Å²) in [4.78, 5) is 23.6. The summed E-state index contributed by atoms with van der Waals surface area (Å²) < 4.78 is 10.0. The van der Waals surface area contributed by atoms with E-state index in [1.165, 1.54) is 0 Å². The molecule has 0 aliphatic heterocycles. The predicted molar refractivity (Wildman–Crippen MR) is 65.4 cm³/mol. The van der Waals surface area contributed by atoms with Crippen LogP contribution < -0.4 is 0 Å². The number of ether oxygens (including phenoxy) is 2. The van der Waals surface area contributed by atoms with E-state index in [0.717, 1.165) is 0 Å². The van der Waals surface area contributed by atoms with Gasteiger partial charge >= 0.3 is 11.9 Å². The molecule has 1 atom stereocenters. The summed E-state index contributed by atoms with van der Waals surface area (Å²) in [5.74, 6) is -0.666. The van der Waals surface area contributed by atoms with Crippen molar-refractivity contribution in [2.45, 2.75) is 39.7 Å². The summed E-state index contributed by atoms with van der Waals surface area (Å²) in [5.41, 5.74) is -0.846. The zero-order valence-electron chi connectivity index (χ0n) is 11.0. The monoisotopic (exact) mass is 246 g/mol. The van der Waals surface area contributed by atoms with Gasteiger partial charge in [0.2, 0.25) is 0 Å². The minimum atomic E-state index is -0.846. The Morgan fingerprint density at radius 1 is 1.00 bits per heavy atom. The summed E-state index contributed by atoms with van der Waals surface area (Å²) in [5, 5.41) is -0.769. The van der Waals surface area contributed by atoms with Crippen molar-refractivity contribution in [3.8, 4) is 0 Å². The van der Waals surface area contributed by atoms with Crippen molar-refractivity contribution in [3.05, 3.63) is 0 Å². The lowest BCUT2D eigenvalue weighted by molar-refractivity contribution is -0.164. The minimum Gasteiger partial charge on any atom is -0.466 e. The van der Waals surface area contributed by atoms with Crippen LogP contribution in [0.25, 0.3) is 0 Å². The van der Waals surface area contributed by atoms with Gasteiger partial charge in [-0.2, -0.15) is 0 Å². The van der Waals surface area contributed by atoms with Gasteiger partial charge in [-0.3, -0.25) is 9.59 Å². The molecule has 0 saturated heterocycles. The maximum absolute atomic E-state index is 11.8. The van der Waals surface area contributed by atoms with E-state index in [-0.39, 0.29) is 11.9 Å². The maximum Gasteiger partial charge on any atom is 0.312 e. The minimum absolute atomic E-state index is 0.320. The van der Waals surface area contributed by atoms with Crippen molar-refractivity contribution < 1.29 is 19.1 Å². The summed E-state index contributed by atoms with van der Waals surface area (Å²) in [6.07, 6.45) is 0. The molecule has 0 N–H and O–H groups in total. The summed E-state index contributed by atoms with van der Waals surface area (Å²) in [6.45, 7) is 9.38. The first-order valence-electron chi connectivity index (χ1n) is 5.56. The number of esters is 2. The molecule has 94 valence electrons. The molecule has 0 aliphatic carbocycles. The Hall–Kier alpha value is -0.843. The molecule has 0 aromatic heterocycles. The molecule has 0 radical (unpaired) electrons. The van der Waals surface area contributed by atoms with Gasteiger partial charge in [0, 0.05) is 10.2 Å². The molecule has 5 heteroatoms. The molecule has 0 aliphatic rings.